The average molecular weight is 486 g/mol. The van der Waals surface area contributed by atoms with Gasteiger partial charge in [0.05, 0.1) is 12.2 Å². The summed E-state index contributed by atoms with van der Waals surface area (Å²) in [4.78, 5) is 27.0. The first-order valence-corrected chi connectivity index (χ1v) is 10.8. The Hall–Kier alpha value is -4.01. The first-order valence-electron chi connectivity index (χ1n) is 10.8. The molecule has 0 bridgehead atoms. The Morgan fingerprint density at radius 2 is 1.77 bits per heavy atom. The van der Waals surface area contributed by atoms with Gasteiger partial charge in [0.1, 0.15) is 5.82 Å². The molecule has 1 N–H and O–H groups in total. The van der Waals surface area contributed by atoms with Crippen LogP contribution in [0, 0.1) is 12.7 Å². The van der Waals surface area contributed by atoms with Gasteiger partial charge in [-0.1, -0.05) is 24.3 Å². The largest absolute Gasteiger partial charge is 0.490 e. The topological polar surface area (TPSA) is 67.9 Å². The van der Waals surface area contributed by atoms with Gasteiger partial charge in [0.2, 0.25) is 0 Å². The van der Waals surface area contributed by atoms with E-state index in [1.165, 1.54) is 35.2 Å². The lowest BCUT2D eigenvalue weighted by molar-refractivity contribution is -0.0514. The molecule has 3 aromatic rings. The van der Waals surface area contributed by atoms with E-state index in [1.54, 1.807) is 51.2 Å². The molecule has 6 nitrogen and oxygen atoms in total. The number of carbonyl (C=O) groups is 2. The second-order valence-electron chi connectivity index (χ2n) is 7.72. The number of anilines is 1. The van der Waals surface area contributed by atoms with Crippen LogP contribution in [0.3, 0.4) is 0 Å². The highest BCUT2D eigenvalue weighted by atomic mass is 19.3. The quantitative estimate of drug-likeness (QED) is 0.424. The summed E-state index contributed by atoms with van der Waals surface area (Å²) in [7, 11) is 1.59. The van der Waals surface area contributed by atoms with Crippen molar-refractivity contribution in [1.29, 1.82) is 0 Å². The Morgan fingerprint density at radius 1 is 1.03 bits per heavy atom. The van der Waals surface area contributed by atoms with Crippen molar-refractivity contribution in [1.82, 2.24) is 4.90 Å². The van der Waals surface area contributed by atoms with Crippen molar-refractivity contribution >= 4 is 17.5 Å². The lowest BCUT2D eigenvalue weighted by atomic mass is 10.1. The molecule has 2 amide bonds. The summed E-state index contributed by atoms with van der Waals surface area (Å²) >= 11 is 0. The number of nitrogens with one attached hydrogen (secondary N) is 1. The van der Waals surface area contributed by atoms with Gasteiger partial charge in [0.25, 0.3) is 11.8 Å². The molecule has 0 spiro atoms. The SMILES string of the molecule is CCOc1cc(CN(C)C(=O)c2ccc(C)c(NC(=O)c3ccccc3F)c2)ccc1OC(F)F. The Balaban J connectivity index is 1.76. The highest BCUT2D eigenvalue weighted by Crippen LogP contribution is 2.30. The van der Waals surface area contributed by atoms with Gasteiger partial charge in [-0.25, -0.2) is 4.39 Å². The molecule has 0 aliphatic carbocycles. The third kappa shape index (κ3) is 6.53. The second-order valence-corrected chi connectivity index (χ2v) is 7.72. The van der Waals surface area contributed by atoms with E-state index in [1.807, 2.05) is 0 Å². The summed E-state index contributed by atoms with van der Waals surface area (Å²) < 4.78 is 49.1. The molecule has 0 aliphatic rings. The minimum absolute atomic E-state index is 0.0895. The predicted octanol–water partition coefficient (Wildman–Crippen LogP) is 5.66. The fourth-order valence-corrected chi connectivity index (χ4v) is 3.40. The van der Waals surface area contributed by atoms with Crippen LogP contribution in [0.15, 0.2) is 60.7 Å². The van der Waals surface area contributed by atoms with Crippen molar-refractivity contribution in [3.05, 3.63) is 88.7 Å². The number of hydrogen-bond donors (Lipinski definition) is 1. The summed E-state index contributed by atoms with van der Waals surface area (Å²) in [6, 6.07) is 14.9. The Kier molecular flexibility index (Phi) is 8.35. The molecule has 0 heterocycles. The maximum absolute atomic E-state index is 14.0. The third-order valence-electron chi connectivity index (χ3n) is 5.14. The van der Waals surface area contributed by atoms with Crippen LogP contribution in [0.1, 0.15) is 38.8 Å². The third-order valence-corrected chi connectivity index (χ3v) is 5.14. The minimum atomic E-state index is -2.99. The predicted molar refractivity (Wildman–Crippen MR) is 126 cm³/mol. The number of aryl methyl sites for hydroxylation is 1. The summed E-state index contributed by atoms with van der Waals surface area (Å²) in [6.07, 6.45) is 0. The van der Waals surface area contributed by atoms with Crippen LogP contribution < -0.4 is 14.8 Å². The van der Waals surface area contributed by atoms with E-state index >= 15 is 0 Å². The number of benzene rings is 3. The molecule has 0 aliphatic heterocycles. The molecule has 0 radical (unpaired) electrons. The van der Waals surface area contributed by atoms with Crippen molar-refractivity contribution in [2.45, 2.75) is 27.0 Å². The number of alkyl halides is 2. The molecule has 184 valence electrons. The smallest absolute Gasteiger partial charge is 0.387 e. The van der Waals surface area contributed by atoms with Crippen LogP contribution >= 0.6 is 0 Å². The van der Waals surface area contributed by atoms with Crippen LogP contribution in [-0.4, -0.2) is 37.0 Å². The van der Waals surface area contributed by atoms with E-state index in [0.29, 0.717) is 22.4 Å². The minimum Gasteiger partial charge on any atom is -0.490 e. The maximum atomic E-state index is 14.0. The van der Waals surface area contributed by atoms with E-state index in [0.717, 1.165) is 0 Å². The zero-order valence-electron chi connectivity index (χ0n) is 19.5. The average Bonchev–Trinajstić information content (AvgIpc) is 2.81. The number of halogens is 3. The molecule has 0 aromatic heterocycles. The first kappa shape index (κ1) is 25.6. The summed E-state index contributed by atoms with van der Waals surface area (Å²) in [6.45, 7) is 0.905. The zero-order chi connectivity index (χ0) is 25.5. The molecule has 0 atom stereocenters. The number of ether oxygens (including phenoxy) is 2. The number of amides is 2. The Bertz CT molecular complexity index is 1220. The van der Waals surface area contributed by atoms with Crippen molar-refractivity contribution in [3.63, 3.8) is 0 Å². The van der Waals surface area contributed by atoms with E-state index in [9.17, 15) is 22.8 Å². The monoisotopic (exact) mass is 486 g/mol. The first-order chi connectivity index (χ1) is 16.7. The van der Waals surface area contributed by atoms with Gasteiger partial charge < -0.3 is 19.7 Å². The van der Waals surface area contributed by atoms with Gasteiger partial charge in [-0.05, 0) is 61.4 Å². The van der Waals surface area contributed by atoms with Crippen LogP contribution in [0.4, 0.5) is 18.9 Å². The molecule has 0 saturated carbocycles. The summed E-state index contributed by atoms with van der Waals surface area (Å²) in [5, 5.41) is 2.65. The number of carbonyl (C=O) groups excluding carboxylic acids is 2. The number of rotatable bonds is 9. The number of nitrogens with zero attached hydrogens (tertiary/aromatic N) is 1. The normalized spacial score (nSPS) is 10.7. The van der Waals surface area contributed by atoms with Gasteiger partial charge in [-0.3, -0.25) is 9.59 Å². The van der Waals surface area contributed by atoms with Crippen molar-refractivity contribution in [2.24, 2.45) is 0 Å². The van der Waals surface area contributed by atoms with E-state index in [-0.39, 0.29) is 36.1 Å². The molecule has 3 rings (SSSR count). The Morgan fingerprint density at radius 3 is 2.46 bits per heavy atom. The highest BCUT2D eigenvalue weighted by molar-refractivity contribution is 6.05. The molecular formula is C26H25F3N2O4. The summed E-state index contributed by atoms with van der Waals surface area (Å²) in [5.41, 5.74) is 1.93. The van der Waals surface area contributed by atoms with Crippen LogP contribution in [-0.2, 0) is 6.54 Å². The lowest BCUT2D eigenvalue weighted by Crippen LogP contribution is -2.26. The van der Waals surface area contributed by atoms with E-state index < -0.39 is 18.3 Å². The number of hydrogen-bond acceptors (Lipinski definition) is 4. The standard InChI is InChI=1S/C26H25F3N2O4/c1-4-34-23-13-17(10-12-22(23)35-26(28)29)15-31(3)25(33)18-11-9-16(2)21(14-18)30-24(32)19-7-5-6-8-20(19)27/h5-14,26H,4,15H2,1-3H3,(H,30,32). The van der Waals surface area contributed by atoms with Gasteiger partial charge in [-0.2, -0.15) is 8.78 Å². The highest BCUT2D eigenvalue weighted by Gasteiger charge is 2.18. The molecule has 9 heteroatoms. The van der Waals surface area contributed by atoms with Gasteiger partial charge >= 0.3 is 6.61 Å². The van der Waals surface area contributed by atoms with Crippen LogP contribution in [0.5, 0.6) is 11.5 Å². The van der Waals surface area contributed by atoms with E-state index in [4.69, 9.17) is 4.74 Å². The van der Waals surface area contributed by atoms with Crippen molar-refractivity contribution in [2.75, 3.05) is 19.0 Å². The molecule has 3 aromatic carbocycles. The zero-order valence-corrected chi connectivity index (χ0v) is 19.5. The molecule has 0 unspecified atom stereocenters. The maximum Gasteiger partial charge on any atom is 0.387 e. The molecule has 35 heavy (non-hydrogen) atoms. The van der Waals surface area contributed by atoms with E-state index in [2.05, 4.69) is 10.1 Å². The molecule has 0 fully saturated rings. The summed E-state index contributed by atoms with van der Waals surface area (Å²) in [5.74, 6) is -1.55. The van der Waals surface area contributed by atoms with Gasteiger partial charge in [0.15, 0.2) is 11.5 Å². The fraction of sp³-hybridized carbons (Fsp3) is 0.231. The fourth-order valence-electron chi connectivity index (χ4n) is 3.40. The molecule has 0 saturated heterocycles. The van der Waals surface area contributed by atoms with Crippen LogP contribution in [0.25, 0.3) is 0 Å². The van der Waals surface area contributed by atoms with Crippen LogP contribution in [0.2, 0.25) is 0 Å². The van der Waals surface area contributed by atoms with Gasteiger partial charge in [0, 0.05) is 24.8 Å². The van der Waals surface area contributed by atoms with Crippen molar-refractivity contribution < 1.29 is 32.2 Å². The van der Waals surface area contributed by atoms with Gasteiger partial charge in [-0.15, -0.1) is 0 Å². The molecular weight excluding hydrogens is 461 g/mol. The van der Waals surface area contributed by atoms with Crippen molar-refractivity contribution in [3.8, 4) is 11.5 Å². The Labute approximate surface area is 201 Å². The second kappa shape index (κ2) is 11.4. The lowest BCUT2D eigenvalue weighted by Gasteiger charge is -2.20.